The molecule has 3 aromatic carbocycles. The number of nitrogens with one attached hydrogen (secondary N) is 1. The summed E-state index contributed by atoms with van der Waals surface area (Å²) in [4.78, 5) is 9.05. The first-order valence-corrected chi connectivity index (χ1v) is 11.8. The molecular weight excluding hydrogens is 511 g/mol. The molecular formula is C28H24F3N5O3. The molecule has 5 rings (SSSR count). The zero-order valence-electron chi connectivity index (χ0n) is 21.5. The lowest BCUT2D eigenvalue weighted by molar-refractivity contribution is -0.137. The molecule has 39 heavy (non-hydrogen) atoms. The molecule has 2 aromatic heterocycles. The summed E-state index contributed by atoms with van der Waals surface area (Å²) in [5.74, 6) is 2.07. The normalized spacial score (nSPS) is 11.5. The number of nitrogens with zero attached hydrogens (tertiary/aromatic N) is 4. The van der Waals surface area contributed by atoms with Gasteiger partial charge in [0.05, 0.1) is 38.8 Å². The Morgan fingerprint density at radius 1 is 0.846 bits per heavy atom. The molecule has 0 amide bonds. The highest BCUT2D eigenvalue weighted by atomic mass is 19.4. The van der Waals surface area contributed by atoms with Crippen LogP contribution in [0.15, 0.2) is 66.9 Å². The second kappa shape index (κ2) is 10.2. The van der Waals surface area contributed by atoms with Crippen LogP contribution >= 0.6 is 0 Å². The molecule has 0 spiro atoms. The van der Waals surface area contributed by atoms with Crippen molar-refractivity contribution >= 4 is 17.2 Å². The first-order valence-electron chi connectivity index (χ1n) is 11.8. The molecule has 2 heterocycles. The van der Waals surface area contributed by atoms with Gasteiger partial charge in [0.15, 0.2) is 17.3 Å². The number of rotatable bonds is 7. The summed E-state index contributed by atoms with van der Waals surface area (Å²) in [6.07, 6.45) is -2.86. The molecule has 8 nitrogen and oxygen atoms in total. The zero-order valence-corrected chi connectivity index (χ0v) is 21.5. The number of anilines is 2. The average Bonchev–Trinajstić information content (AvgIpc) is 3.27. The summed E-state index contributed by atoms with van der Waals surface area (Å²) >= 11 is 0. The number of benzene rings is 3. The fourth-order valence-corrected chi connectivity index (χ4v) is 4.36. The molecule has 0 saturated carbocycles. The number of alkyl halides is 3. The topological polar surface area (TPSA) is 82.8 Å². The van der Waals surface area contributed by atoms with Crippen LogP contribution in [-0.4, -0.2) is 40.9 Å². The molecule has 0 aliphatic carbocycles. The third kappa shape index (κ3) is 4.90. The summed E-state index contributed by atoms with van der Waals surface area (Å²) in [5, 5.41) is 7.75. The standard InChI is InChI=1S/C28H24F3N5O3/c1-16-22-15-32-27(34-19-13-23(37-2)25(39-4)24(14-19)38-3)35-36(22)26(33-16)18-9-7-8-17(12-18)20-10-5-6-11-21(20)28(29,30)31/h5-15H,1-4H3,(H,34,35). The van der Waals surface area contributed by atoms with Gasteiger partial charge in [-0.05, 0) is 30.2 Å². The van der Waals surface area contributed by atoms with Crippen molar-refractivity contribution in [3.63, 3.8) is 0 Å². The molecule has 0 aliphatic heterocycles. The molecule has 0 unspecified atom stereocenters. The van der Waals surface area contributed by atoms with Gasteiger partial charge in [0.25, 0.3) is 0 Å². The van der Waals surface area contributed by atoms with Crippen LogP contribution in [0, 0.1) is 6.92 Å². The minimum atomic E-state index is -4.48. The molecule has 0 radical (unpaired) electrons. The van der Waals surface area contributed by atoms with E-state index in [4.69, 9.17) is 14.2 Å². The summed E-state index contributed by atoms with van der Waals surface area (Å²) in [7, 11) is 4.56. The van der Waals surface area contributed by atoms with Gasteiger partial charge < -0.3 is 19.5 Å². The highest BCUT2D eigenvalue weighted by molar-refractivity contribution is 5.75. The first kappa shape index (κ1) is 25.8. The fourth-order valence-electron chi connectivity index (χ4n) is 4.36. The Labute approximate surface area is 222 Å². The number of fused-ring (bicyclic) bond motifs is 1. The predicted octanol–water partition coefficient (Wildman–Crippen LogP) is 6.55. The lowest BCUT2D eigenvalue weighted by Crippen LogP contribution is -2.07. The van der Waals surface area contributed by atoms with Gasteiger partial charge in [-0.3, -0.25) is 0 Å². The Balaban J connectivity index is 1.57. The fraction of sp³-hybridized carbons (Fsp3) is 0.179. The molecule has 11 heteroatoms. The molecule has 5 aromatic rings. The Kier molecular flexibility index (Phi) is 6.73. The second-order valence-electron chi connectivity index (χ2n) is 8.56. The monoisotopic (exact) mass is 535 g/mol. The van der Waals surface area contributed by atoms with Crippen molar-refractivity contribution in [2.24, 2.45) is 0 Å². The number of aromatic nitrogens is 4. The summed E-state index contributed by atoms with van der Waals surface area (Å²) in [5.41, 5.74) is 2.32. The SMILES string of the molecule is COc1cc(Nc2ncc3c(C)nc(-c4cccc(-c5ccccc5C(F)(F)F)c4)n3n2)cc(OC)c1OC. The van der Waals surface area contributed by atoms with Crippen LogP contribution in [-0.2, 0) is 6.18 Å². The maximum absolute atomic E-state index is 13.7. The number of aryl methyl sites for hydroxylation is 1. The lowest BCUT2D eigenvalue weighted by atomic mass is 9.97. The van der Waals surface area contributed by atoms with E-state index in [1.165, 1.54) is 33.5 Å². The summed E-state index contributed by atoms with van der Waals surface area (Å²) in [6, 6.07) is 15.7. The van der Waals surface area contributed by atoms with Gasteiger partial charge in [-0.2, -0.15) is 13.2 Å². The van der Waals surface area contributed by atoms with Gasteiger partial charge >= 0.3 is 6.18 Å². The summed E-state index contributed by atoms with van der Waals surface area (Å²) in [6.45, 7) is 1.82. The van der Waals surface area contributed by atoms with Crippen molar-refractivity contribution in [1.82, 2.24) is 19.6 Å². The Hall–Kier alpha value is -4.80. The van der Waals surface area contributed by atoms with E-state index in [1.807, 2.05) is 6.92 Å². The molecule has 1 N–H and O–H groups in total. The highest BCUT2D eigenvalue weighted by Gasteiger charge is 2.33. The minimum Gasteiger partial charge on any atom is -0.493 e. The summed E-state index contributed by atoms with van der Waals surface area (Å²) < 4.78 is 58.8. The minimum absolute atomic E-state index is 0.0869. The number of ether oxygens (including phenoxy) is 3. The van der Waals surface area contributed by atoms with Gasteiger partial charge in [-0.1, -0.05) is 36.4 Å². The van der Waals surface area contributed by atoms with Gasteiger partial charge in [0, 0.05) is 23.4 Å². The van der Waals surface area contributed by atoms with E-state index >= 15 is 0 Å². The van der Waals surface area contributed by atoms with Gasteiger partial charge in [0.1, 0.15) is 5.52 Å². The second-order valence-corrected chi connectivity index (χ2v) is 8.56. The molecule has 0 bridgehead atoms. The largest absolute Gasteiger partial charge is 0.493 e. The van der Waals surface area contributed by atoms with Crippen molar-refractivity contribution in [2.45, 2.75) is 13.1 Å². The third-order valence-electron chi connectivity index (χ3n) is 6.16. The van der Waals surface area contributed by atoms with Crippen LogP contribution in [0.5, 0.6) is 17.2 Å². The predicted molar refractivity (Wildman–Crippen MR) is 141 cm³/mol. The van der Waals surface area contributed by atoms with E-state index < -0.39 is 11.7 Å². The Morgan fingerprint density at radius 2 is 1.54 bits per heavy atom. The van der Waals surface area contributed by atoms with Crippen LogP contribution in [0.25, 0.3) is 28.0 Å². The number of methoxy groups -OCH3 is 3. The van der Waals surface area contributed by atoms with Crippen LogP contribution in [0.2, 0.25) is 0 Å². The van der Waals surface area contributed by atoms with E-state index in [2.05, 4.69) is 20.4 Å². The van der Waals surface area contributed by atoms with Crippen molar-refractivity contribution in [3.8, 4) is 39.8 Å². The van der Waals surface area contributed by atoms with E-state index in [9.17, 15) is 13.2 Å². The van der Waals surface area contributed by atoms with E-state index in [0.29, 0.717) is 51.1 Å². The maximum atomic E-state index is 13.7. The Morgan fingerprint density at radius 3 is 2.21 bits per heavy atom. The molecule has 0 fully saturated rings. The quantitative estimate of drug-likeness (QED) is 0.253. The van der Waals surface area contributed by atoms with Crippen LogP contribution < -0.4 is 19.5 Å². The van der Waals surface area contributed by atoms with E-state index in [-0.39, 0.29) is 11.5 Å². The van der Waals surface area contributed by atoms with E-state index in [1.54, 1.807) is 53.2 Å². The Bertz CT molecular complexity index is 1640. The zero-order chi connectivity index (χ0) is 27.7. The molecule has 0 saturated heterocycles. The number of imidazole rings is 1. The van der Waals surface area contributed by atoms with Crippen molar-refractivity contribution in [2.75, 3.05) is 26.6 Å². The maximum Gasteiger partial charge on any atom is 0.417 e. The molecule has 0 aliphatic rings. The van der Waals surface area contributed by atoms with Crippen LogP contribution in [0.4, 0.5) is 24.8 Å². The molecule has 200 valence electrons. The van der Waals surface area contributed by atoms with Crippen molar-refractivity contribution < 1.29 is 27.4 Å². The number of halogens is 3. The smallest absolute Gasteiger partial charge is 0.417 e. The highest BCUT2D eigenvalue weighted by Crippen LogP contribution is 2.41. The number of hydrogen-bond donors (Lipinski definition) is 1. The van der Waals surface area contributed by atoms with Gasteiger partial charge in [-0.15, -0.1) is 5.10 Å². The lowest BCUT2D eigenvalue weighted by Gasteiger charge is -2.14. The van der Waals surface area contributed by atoms with Crippen molar-refractivity contribution in [1.29, 1.82) is 0 Å². The van der Waals surface area contributed by atoms with Crippen LogP contribution in [0.3, 0.4) is 0 Å². The van der Waals surface area contributed by atoms with Crippen molar-refractivity contribution in [3.05, 3.63) is 78.1 Å². The first-order chi connectivity index (χ1) is 18.7. The van der Waals surface area contributed by atoms with Gasteiger partial charge in [0.2, 0.25) is 11.7 Å². The molecule has 0 atom stereocenters. The van der Waals surface area contributed by atoms with E-state index in [0.717, 1.165) is 6.07 Å². The number of hydrogen-bond acceptors (Lipinski definition) is 7. The van der Waals surface area contributed by atoms with Crippen LogP contribution in [0.1, 0.15) is 11.3 Å². The van der Waals surface area contributed by atoms with Gasteiger partial charge in [-0.25, -0.2) is 14.5 Å². The third-order valence-corrected chi connectivity index (χ3v) is 6.16. The average molecular weight is 536 g/mol.